The van der Waals surface area contributed by atoms with Crippen LogP contribution in [0.15, 0.2) is 4.36 Å². The van der Waals surface area contributed by atoms with Crippen LogP contribution in [0.1, 0.15) is 25.7 Å². The molecule has 4 nitrogen and oxygen atoms in total. The zero-order chi connectivity index (χ0) is 12.1. The summed E-state index contributed by atoms with van der Waals surface area (Å²) in [6, 6.07) is 0.369. The van der Waals surface area contributed by atoms with Gasteiger partial charge in [0.2, 0.25) is 0 Å². The zero-order valence-electron chi connectivity index (χ0n) is 10.8. The SMILES string of the molecule is CNCC1CCC(N=S2(=O)CCNCC2)CC1. The molecule has 2 N–H and O–H groups in total. The Kier molecular flexibility index (Phi) is 4.82. The zero-order valence-corrected chi connectivity index (χ0v) is 11.6. The number of nitrogens with one attached hydrogen (secondary N) is 2. The molecule has 2 fully saturated rings. The van der Waals surface area contributed by atoms with Crippen molar-refractivity contribution in [2.45, 2.75) is 31.7 Å². The Hall–Kier alpha value is -0.130. The fraction of sp³-hybridized carbons (Fsp3) is 1.00. The van der Waals surface area contributed by atoms with Crippen LogP contribution in [0.4, 0.5) is 0 Å². The fourth-order valence-corrected chi connectivity index (χ4v) is 4.91. The fourth-order valence-electron chi connectivity index (χ4n) is 2.81. The summed E-state index contributed by atoms with van der Waals surface area (Å²) in [5.74, 6) is 2.31. The Balaban J connectivity index is 1.88. The second-order valence-corrected chi connectivity index (χ2v) is 7.84. The van der Waals surface area contributed by atoms with E-state index in [4.69, 9.17) is 0 Å². The van der Waals surface area contributed by atoms with Crippen LogP contribution in [0.5, 0.6) is 0 Å². The van der Waals surface area contributed by atoms with Crippen LogP contribution < -0.4 is 10.6 Å². The molecule has 5 heteroatoms. The Morgan fingerprint density at radius 1 is 1.24 bits per heavy atom. The average molecular weight is 259 g/mol. The van der Waals surface area contributed by atoms with Crippen molar-refractivity contribution < 1.29 is 4.21 Å². The van der Waals surface area contributed by atoms with Crippen molar-refractivity contribution in [2.75, 3.05) is 38.2 Å². The highest BCUT2D eigenvalue weighted by atomic mass is 32.2. The Labute approximate surface area is 105 Å². The van der Waals surface area contributed by atoms with Crippen LogP contribution in [0.3, 0.4) is 0 Å². The van der Waals surface area contributed by atoms with E-state index in [1.54, 1.807) is 0 Å². The van der Waals surface area contributed by atoms with Gasteiger partial charge in [-0.25, -0.2) is 8.57 Å². The van der Waals surface area contributed by atoms with Gasteiger partial charge in [-0.2, -0.15) is 0 Å². The lowest BCUT2D eigenvalue weighted by Crippen LogP contribution is -2.36. The molecule has 0 bridgehead atoms. The predicted octanol–water partition coefficient (Wildman–Crippen LogP) is 0.836. The van der Waals surface area contributed by atoms with Crippen molar-refractivity contribution in [3.05, 3.63) is 0 Å². The van der Waals surface area contributed by atoms with Gasteiger partial charge in [0.25, 0.3) is 0 Å². The summed E-state index contributed by atoms with van der Waals surface area (Å²) in [5.41, 5.74) is 0. The number of hydrogen-bond donors (Lipinski definition) is 2. The molecule has 1 aliphatic heterocycles. The van der Waals surface area contributed by atoms with Gasteiger partial charge in [0.05, 0.1) is 6.04 Å². The van der Waals surface area contributed by atoms with Crippen molar-refractivity contribution in [2.24, 2.45) is 10.3 Å². The van der Waals surface area contributed by atoms with Gasteiger partial charge in [-0.15, -0.1) is 0 Å². The quantitative estimate of drug-likeness (QED) is 0.789. The molecule has 1 saturated carbocycles. The van der Waals surface area contributed by atoms with Crippen molar-refractivity contribution in [3.8, 4) is 0 Å². The summed E-state index contributed by atoms with van der Waals surface area (Å²) < 4.78 is 17.2. The van der Waals surface area contributed by atoms with E-state index in [0.29, 0.717) is 6.04 Å². The summed E-state index contributed by atoms with van der Waals surface area (Å²) in [4.78, 5) is 0. The standard InChI is InChI=1S/C12H25N3OS/c1-13-10-11-2-4-12(5-3-11)15-17(16)8-6-14-7-9-17/h11-14H,2-10H2,1H3. The second-order valence-electron chi connectivity index (χ2n) is 5.27. The maximum absolute atomic E-state index is 12.5. The third kappa shape index (κ3) is 3.93. The lowest BCUT2D eigenvalue weighted by atomic mass is 9.86. The first-order valence-corrected chi connectivity index (χ1v) is 8.64. The normalized spacial score (nSPS) is 33.2. The highest BCUT2D eigenvalue weighted by Gasteiger charge is 2.23. The molecule has 0 atom stereocenters. The highest BCUT2D eigenvalue weighted by molar-refractivity contribution is 7.93. The van der Waals surface area contributed by atoms with Crippen LogP contribution in [0.2, 0.25) is 0 Å². The third-order valence-corrected chi connectivity index (χ3v) is 6.21. The molecular formula is C12H25N3OS. The minimum absolute atomic E-state index is 0.369. The van der Waals surface area contributed by atoms with Gasteiger partial charge in [0.1, 0.15) is 0 Å². The van der Waals surface area contributed by atoms with Crippen molar-refractivity contribution in [1.82, 2.24) is 10.6 Å². The second kappa shape index (κ2) is 6.16. The molecule has 0 amide bonds. The first-order valence-electron chi connectivity index (χ1n) is 6.79. The van der Waals surface area contributed by atoms with Crippen LogP contribution in [-0.4, -0.2) is 48.4 Å². The molecule has 0 aromatic carbocycles. The average Bonchev–Trinajstić information content (AvgIpc) is 2.33. The first-order chi connectivity index (χ1) is 8.22. The highest BCUT2D eigenvalue weighted by Crippen LogP contribution is 2.26. The van der Waals surface area contributed by atoms with E-state index in [2.05, 4.69) is 15.0 Å². The summed E-state index contributed by atoms with van der Waals surface area (Å²) in [5, 5.41) is 6.50. The molecule has 1 heterocycles. The van der Waals surface area contributed by atoms with Crippen LogP contribution in [0, 0.1) is 5.92 Å². The molecule has 0 aromatic heterocycles. The van der Waals surface area contributed by atoms with E-state index in [0.717, 1.165) is 49.9 Å². The molecular weight excluding hydrogens is 234 g/mol. The van der Waals surface area contributed by atoms with E-state index in [1.165, 1.54) is 12.8 Å². The molecule has 0 radical (unpaired) electrons. The van der Waals surface area contributed by atoms with Gasteiger partial charge >= 0.3 is 0 Å². The van der Waals surface area contributed by atoms with Gasteiger partial charge in [-0.05, 0) is 45.2 Å². The van der Waals surface area contributed by atoms with Crippen molar-refractivity contribution in [3.63, 3.8) is 0 Å². The largest absolute Gasteiger partial charge is 0.319 e. The van der Waals surface area contributed by atoms with E-state index in [1.807, 2.05) is 7.05 Å². The van der Waals surface area contributed by atoms with Gasteiger partial charge < -0.3 is 10.6 Å². The molecule has 17 heavy (non-hydrogen) atoms. The van der Waals surface area contributed by atoms with E-state index >= 15 is 0 Å². The number of rotatable bonds is 3. The lowest BCUT2D eigenvalue weighted by Gasteiger charge is -2.27. The van der Waals surface area contributed by atoms with Gasteiger partial charge in [0.15, 0.2) is 0 Å². The van der Waals surface area contributed by atoms with Crippen LogP contribution in [0.25, 0.3) is 0 Å². The van der Waals surface area contributed by atoms with Crippen LogP contribution >= 0.6 is 0 Å². The minimum atomic E-state index is -1.87. The Morgan fingerprint density at radius 2 is 1.88 bits per heavy atom. The Bertz CT molecular complexity index is 330. The Morgan fingerprint density at radius 3 is 2.47 bits per heavy atom. The molecule has 100 valence electrons. The maximum Gasteiger partial charge on any atom is 0.0594 e. The number of hydrogen-bond acceptors (Lipinski definition) is 4. The van der Waals surface area contributed by atoms with Gasteiger partial charge in [0, 0.05) is 34.3 Å². The third-order valence-electron chi connectivity index (χ3n) is 3.85. The van der Waals surface area contributed by atoms with Crippen LogP contribution in [-0.2, 0) is 9.73 Å². The first kappa shape index (κ1) is 13.3. The topological polar surface area (TPSA) is 53.5 Å². The van der Waals surface area contributed by atoms with E-state index < -0.39 is 9.73 Å². The molecule has 2 rings (SSSR count). The summed E-state index contributed by atoms with van der Waals surface area (Å²) >= 11 is 0. The monoisotopic (exact) mass is 259 g/mol. The minimum Gasteiger partial charge on any atom is -0.319 e. The van der Waals surface area contributed by atoms with E-state index in [9.17, 15) is 4.21 Å². The van der Waals surface area contributed by atoms with Gasteiger partial charge in [-0.3, -0.25) is 0 Å². The smallest absolute Gasteiger partial charge is 0.0594 e. The summed E-state index contributed by atoms with van der Waals surface area (Å²) in [7, 11) is 0.143. The molecule has 0 unspecified atom stereocenters. The maximum atomic E-state index is 12.5. The lowest BCUT2D eigenvalue weighted by molar-refractivity contribution is 0.322. The number of nitrogens with zero attached hydrogens (tertiary/aromatic N) is 1. The molecule has 2 aliphatic rings. The van der Waals surface area contributed by atoms with Gasteiger partial charge in [-0.1, -0.05) is 0 Å². The van der Waals surface area contributed by atoms with E-state index in [-0.39, 0.29) is 0 Å². The predicted molar refractivity (Wildman–Crippen MR) is 72.8 cm³/mol. The van der Waals surface area contributed by atoms with Crippen molar-refractivity contribution in [1.29, 1.82) is 0 Å². The van der Waals surface area contributed by atoms with Crippen molar-refractivity contribution >= 4 is 9.73 Å². The molecule has 1 saturated heterocycles. The molecule has 0 aromatic rings. The molecule has 0 spiro atoms. The molecule has 1 aliphatic carbocycles. The summed E-state index contributed by atoms with van der Waals surface area (Å²) in [6.45, 7) is 2.86. The summed E-state index contributed by atoms with van der Waals surface area (Å²) in [6.07, 6.45) is 4.75.